The number of nitrogens with zero attached hydrogens (tertiary/aromatic N) is 7. The van der Waals surface area contributed by atoms with Crippen molar-refractivity contribution in [3.63, 3.8) is 0 Å². The maximum Gasteiger partial charge on any atom is 0.226 e. The lowest BCUT2D eigenvalue weighted by Gasteiger charge is -2.37. The molecule has 3 aromatic heterocycles. The summed E-state index contributed by atoms with van der Waals surface area (Å²) in [6.07, 6.45) is 11.3. The quantitative estimate of drug-likeness (QED) is 0.673. The van der Waals surface area contributed by atoms with Crippen molar-refractivity contribution in [1.29, 1.82) is 0 Å². The molecule has 2 aliphatic rings. The Bertz CT molecular complexity index is 1060. The van der Waals surface area contributed by atoms with Gasteiger partial charge in [-0.05, 0) is 25.0 Å². The zero-order valence-electron chi connectivity index (χ0n) is 15.7. The van der Waals surface area contributed by atoms with E-state index in [0.717, 1.165) is 17.6 Å². The van der Waals surface area contributed by atoms with Gasteiger partial charge in [-0.3, -0.25) is 4.79 Å². The summed E-state index contributed by atoms with van der Waals surface area (Å²) in [6, 6.07) is 4.05. The lowest BCUT2D eigenvalue weighted by Crippen LogP contribution is -2.52. The van der Waals surface area contributed by atoms with Crippen molar-refractivity contribution in [3.8, 4) is 0 Å². The molecule has 0 saturated carbocycles. The van der Waals surface area contributed by atoms with Gasteiger partial charge in [0.15, 0.2) is 11.5 Å². The maximum atomic E-state index is 13.1. The zero-order chi connectivity index (χ0) is 19.8. The summed E-state index contributed by atoms with van der Waals surface area (Å²) in [5.41, 5.74) is 1.78. The number of halogens is 1. The highest BCUT2D eigenvalue weighted by Gasteiger charge is 2.42. The van der Waals surface area contributed by atoms with Crippen molar-refractivity contribution in [2.45, 2.75) is 18.9 Å². The minimum absolute atomic E-state index is 0.0251. The monoisotopic (exact) mass is 393 g/mol. The Morgan fingerprint density at radius 1 is 1.21 bits per heavy atom. The Morgan fingerprint density at radius 2 is 2.07 bits per heavy atom. The third kappa shape index (κ3) is 3.32. The van der Waals surface area contributed by atoms with E-state index in [-0.39, 0.29) is 17.9 Å². The molecule has 0 N–H and O–H groups in total. The van der Waals surface area contributed by atoms with Crippen molar-refractivity contribution < 1.29 is 9.18 Å². The first kappa shape index (κ1) is 17.7. The number of rotatable bonds is 4. The van der Waals surface area contributed by atoms with Crippen molar-refractivity contribution in [3.05, 3.63) is 54.5 Å². The summed E-state index contributed by atoms with van der Waals surface area (Å²) >= 11 is 0. The van der Waals surface area contributed by atoms with E-state index >= 15 is 0 Å². The van der Waals surface area contributed by atoms with Crippen molar-refractivity contribution >= 4 is 23.6 Å². The second-order valence-electron chi connectivity index (χ2n) is 7.40. The average molecular weight is 393 g/mol. The lowest BCUT2D eigenvalue weighted by molar-refractivity contribution is -0.132. The van der Waals surface area contributed by atoms with Gasteiger partial charge < -0.3 is 9.80 Å². The molecule has 5 heterocycles. The smallest absolute Gasteiger partial charge is 0.226 e. The number of carbonyl (C=O) groups excluding carboxylic acids is 1. The number of hydrogen-bond donors (Lipinski definition) is 0. The van der Waals surface area contributed by atoms with E-state index in [1.54, 1.807) is 4.52 Å². The number of hydrogen-bond acceptors (Lipinski definition) is 6. The molecule has 9 heteroatoms. The van der Waals surface area contributed by atoms with E-state index in [2.05, 4.69) is 20.1 Å². The van der Waals surface area contributed by atoms with Crippen LogP contribution in [0.1, 0.15) is 18.4 Å². The normalized spacial score (nSPS) is 22.0. The molecule has 3 aromatic rings. The molecular weight excluding hydrogens is 373 g/mol. The highest BCUT2D eigenvalue weighted by Crippen LogP contribution is 2.31. The van der Waals surface area contributed by atoms with Gasteiger partial charge in [-0.15, -0.1) is 0 Å². The molecule has 0 unspecified atom stereocenters. The van der Waals surface area contributed by atoms with Crippen molar-refractivity contribution in [2.75, 3.05) is 24.5 Å². The molecule has 0 radical (unpaired) electrons. The van der Waals surface area contributed by atoms with Crippen LogP contribution in [0.5, 0.6) is 0 Å². The molecule has 0 bridgehead atoms. The van der Waals surface area contributed by atoms with E-state index in [1.807, 2.05) is 40.3 Å². The summed E-state index contributed by atoms with van der Waals surface area (Å²) in [5.74, 6) is 0.253. The second-order valence-corrected chi connectivity index (χ2v) is 7.40. The van der Waals surface area contributed by atoms with E-state index in [0.29, 0.717) is 32.0 Å². The summed E-state index contributed by atoms with van der Waals surface area (Å²) in [4.78, 5) is 29.2. The second kappa shape index (κ2) is 7.23. The number of carbonyl (C=O) groups is 1. The topological polar surface area (TPSA) is 79.5 Å². The minimum Gasteiger partial charge on any atom is -0.337 e. The van der Waals surface area contributed by atoms with Crippen LogP contribution in [0.4, 0.5) is 10.3 Å². The van der Waals surface area contributed by atoms with E-state index in [1.165, 1.54) is 18.7 Å². The van der Waals surface area contributed by atoms with Gasteiger partial charge in [0.25, 0.3) is 0 Å². The molecule has 0 spiro atoms. The van der Waals surface area contributed by atoms with E-state index in [9.17, 15) is 9.18 Å². The highest BCUT2D eigenvalue weighted by molar-refractivity contribution is 5.82. The Morgan fingerprint density at radius 3 is 2.93 bits per heavy atom. The Hall–Kier alpha value is -3.36. The Balaban J connectivity index is 1.25. The fourth-order valence-corrected chi connectivity index (χ4v) is 4.22. The molecule has 1 amide bonds. The van der Waals surface area contributed by atoms with Gasteiger partial charge in [-0.1, -0.05) is 12.2 Å². The third-order valence-electron chi connectivity index (χ3n) is 5.61. The first-order valence-corrected chi connectivity index (χ1v) is 9.67. The fraction of sp³-hybridized carbons (Fsp3) is 0.350. The molecule has 8 nitrogen and oxygen atoms in total. The molecule has 0 aliphatic carbocycles. The van der Waals surface area contributed by atoms with E-state index in [4.69, 9.17) is 0 Å². The average Bonchev–Trinajstić information content (AvgIpc) is 3.34. The minimum atomic E-state index is -0.447. The summed E-state index contributed by atoms with van der Waals surface area (Å²) in [5, 5.41) is 4.14. The van der Waals surface area contributed by atoms with Crippen LogP contribution in [0.25, 0.3) is 11.7 Å². The first-order chi connectivity index (χ1) is 14.2. The van der Waals surface area contributed by atoms with Crippen LogP contribution in [0.2, 0.25) is 0 Å². The SMILES string of the molecule is O=C1[C@@H](C/C=C\c2cccn3ncnc23)C[C@H]2CN(c3ncc(F)cn3)CCN12. The zero-order valence-corrected chi connectivity index (χ0v) is 15.7. The van der Waals surface area contributed by atoms with E-state index < -0.39 is 5.82 Å². The van der Waals surface area contributed by atoms with Crippen LogP contribution in [0.3, 0.4) is 0 Å². The van der Waals surface area contributed by atoms with Gasteiger partial charge in [0.1, 0.15) is 6.33 Å². The Kier molecular flexibility index (Phi) is 4.42. The van der Waals surface area contributed by atoms with Gasteiger partial charge in [-0.2, -0.15) is 5.10 Å². The fourth-order valence-electron chi connectivity index (χ4n) is 4.22. The molecule has 29 heavy (non-hydrogen) atoms. The summed E-state index contributed by atoms with van der Waals surface area (Å²) in [7, 11) is 0. The maximum absolute atomic E-state index is 13.1. The van der Waals surface area contributed by atoms with Gasteiger partial charge in [0.2, 0.25) is 11.9 Å². The van der Waals surface area contributed by atoms with Crippen LogP contribution in [-0.2, 0) is 4.79 Å². The van der Waals surface area contributed by atoms with Crippen molar-refractivity contribution in [1.82, 2.24) is 29.5 Å². The summed E-state index contributed by atoms with van der Waals surface area (Å²) in [6.45, 7) is 1.98. The molecular formula is C20H20FN7O. The highest BCUT2D eigenvalue weighted by atomic mass is 19.1. The predicted molar refractivity (Wildman–Crippen MR) is 104 cm³/mol. The third-order valence-corrected chi connectivity index (χ3v) is 5.61. The van der Waals surface area contributed by atoms with Gasteiger partial charge in [-0.25, -0.2) is 23.9 Å². The van der Waals surface area contributed by atoms with Crippen LogP contribution < -0.4 is 4.90 Å². The number of pyridine rings is 1. The van der Waals surface area contributed by atoms with Crippen LogP contribution >= 0.6 is 0 Å². The van der Waals surface area contributed by atoms with Crippen molar-refractivity contribution in [2.24, 2.45) is 5.92 Å². The Labute approximate surface area is 166 Å². The molecule has 2 aliphatic heterocycles. The molecule has 0 aromatic carbocycles. The standard InChI is InChI=1S/C20H20FN7O/c21-16-10-22-20(23-11-16)26-7-8-27-17(12-26)9-15(19(27)29)4-1-3-14-5-2-6-28-18(14)24-13-25-28/h1-3,5-6,10-11,13,15,17H,4,7-9,12H2/b3-1-/t15-,17-/m0/s1. The van der Waals surface area contributed by atoms with Gasteiger partial charge in [0.05, 0.1) is 18.4 Å². The first-order valence-electron chi connectivity index (χ1n) is 9.67. The van der Waals surface area contributed by atoms with Crippen LogP contribution in [0, 0.1) is 11.7 Å². The number of piperazine rings is 1. The number of fused-ring (bicyclic) bond motifs is 2. The molecule has 148 valence electrons. The van der Waals surface area contributed by atoms with Crippen LogP contribution in [-0.4, -0.2) is 61.0 Å². The number of anilines is 1. The number of allylic oxidation sites excluding steroid dienone is 1. The molecule has 2 saturated heterocycles. The summed E-state index contributed by atoms with van der Waals surface area (Å²) < 4.78 is 14.8. The molecule has 5 rings (SSSR count). The number of amides is 1. The lowest BCUT2D eigenvalue weighted by atomic mass is 10.00. The molecule has 2 fully saturated rings. The largest absolute Gasteiger partial charge is 0.337 e. The van der Waals surface area contributed by atoms with Crippen LogP contribution in [0.15, 0.2) is 43.1 Å². The number of aromatic nitrogens is 5. The van der Waals surface area contributed by atoms with Gasteiger partial charge >= 0.3 is 0 Å². The van der Waals surface area contributed by atoms with Gasteiger partial charge in [0, 0.05) is 37.3 Å². The predicted octanol–water partition coefficient (Wildman–Crippen LogP) is 1.80. The molecule has 2 atom stereocenters.